The van der Waals surface area contributed by atoms with Crippen molar-refractivity contribution in [2.75, 3.05) is 5.32 Å². The van der Waals surface area contributed by atoms with Gasteiger partial charge >= 0.3 is 7.12 Å². The maximum Gasteiger partial charge on any atom is 0.495 e. The summed E-state index contributed by atoms with van der Waals surface area (Å²) in [5.74, 6) is 4.72. The third-order valence-corrected chi connectivity index (χ3v) is 4.27. The van der Waals surface area contributed by atoms with Crippen molar-refractivity contribution < 1.29 is 14.1 Å². The molecule has 0 bridgehead atoms. The molecule has 22 heavy (non-hydrogen) atoms. The zero-order chi connectivity index (χ0) is 16.5. The Bertz CT molecular complexity index is 640. The van der Waals surface area contributed by atoms with Crippen LogP contribution in [0.2, 0.25) is 0 Å². The van der Waals surface area contributed by atoms with E-state index in [2.05, 4.69) is 17.2 Å². The van der Waals surface area contributed by atoms with Crippen LogP contribution in [0.5, 0.6) is 0 Å². The molecule has 0 radical (unpaired) electrons. The van der Waals surface area contributed by atoms with Crippen LogP contribution in [0.4, 0.5) is 5.69 Å². The molecule has 1 fully saturated rings. The van der Waals surface area contributed by atoms with Crippen LogP contribution in [0.15, 0.2) is 18.2 Å². The smallest absolute Gasteiger partial charge is 0.399 e. The Kier molecular flexibility index (Phi) is 4.37. The van der Waals surface area contributed by atoms with Crippen LogP contribution >= 0.6 is 0 Å². The first-order valence-electron chi connectivity index (χ1n) is 7.36. The largest absolute Gasteiger partial charge is 0.495 e. The molecule has 1 heterocycles. The van der Waals surface area contributed by atoms with Gasteiger partial charge in [-0.15, -0.1) is 0 Å². The highest BCUT2D eigenvalue weighted by Crippen LogP contribution is 2.36. The van der Waals surface area contributed by atoms with Gasteiger partial charge in [-0.3, -0.25) is 4.79 Å². The van der Waals surface area contributed by atoms with Gasteiger partial charge < -0.3 is 14.6 Å². The van der Waals surface area contributed by atoms with Crippen molar-refractivity contribution in [3.8, 4) is 11.8 Å². The molecule has 0 aliphatic carbocycles. The molecule has 4 nitrogen and oxygen atoms in total. The van der Waals surface area contributed by atoms with Gasteiger partial charge in [0, 0.05) is 5.69 Å². The van der Waals surface area contributed by atoms with Crippen LogP contribution in [0.1, 0.15) is 40.2 Å². The van der Waals surface area contributed by atoms with Crippen molar-refractivity contribution in [1.82, 2.24) is 0 Å². The van der Waals surface area contributed by atoms with Gasteiger partial charge in [-0.25, -0.2) is 0 Å². The summed E-state index contributed by atoms with van der Waals surface area (Å²) in [7, 11) is -0.398. The van der Waals surface area contributed by atoms with Crippen LogP contribution in [0.25, 0.3) is 0 Å². The second-order valence-corrected chi connectivity index (χ2v) is 6.49. The van der Waals surface area contributed by atoms with Crippen LogP contribution in [-0.2, 0) is 14.1 Å². The van der Waals surface area contributed by atoms with E-state index in [1.807, 2.05) is 52.8 Å². The van der Waals surface area contributed by atoms with Crippen LogP contribution in [-0.4, -0.2) is 24.2 Å². The second kappa shape index (κ2) is 5.79. The second-order valence-electron chi connectivity index (χ2n) is 6.49. The number of amides is 1. The lowest BCUT2D eigenvalue weighted by molar-refractivity contribution is -0.111. The number of hydrogen-bond acceptors (Lipinski definition) is 3. The Hall–Kier alpha value is -1.77. The molecule has 1 aliphatic heterocycles. The lowest BCUT2D eigenvalue weighted by atomic mass is 9.76. The molecular weight excluding hydrogens is 277 g/mol. The maximum atomic E-state index is 11.5. The van der Waals surface area contributed by atoms with Gasteiger partial charge in [-0.1, -0.05) is 12.0 Å². The quantitative estimate of drug-likeness (QED) is 0.673. The first kappa shape index (κ1) is 16.6. The van der Waals surface area contributed by atoms with Crippen molar-refractivity contribution in [1.29, 1.82) is 0 Å². The minimum Gasteiger partial charge on any atom is -0.399 e. The average Bonchev–Trinajstić information content (AvgIpc) is 2.58. The van der Waals surface area contributed by atoms with Gasteiger partial charge in [0.25, 0.3) is 5.91 Å². The lowest BCUT2D eigenvalue weighted by Crippen LogP contribution is -2.41. The fourth-order valence-electron chi connectivity index (χ4n) is 2.26. The average molecular weight is 299 g/mol. The fraction of sp³-hybridized carbons (Fsp3) is 0.471. The summed E-state index contributed by atoms with van der Waals surface area (Å²) in [4.78, 5) is 11.5. The Labute approximate surface area is 132 Å². The predicted octanol–water partition coefficient (Wildman–Crippen LogP) is 2.26. The standard InChI is InChI=1S/C17H22BNO3/c1-7-8-15(20)19-13-9-10-14(12(2)11-13)18-21-16(3,4)17(5,6)22-18/h9-11H,1-6H3,(H,19,20). The van der Waals surface area contributed by atoms with E-state index in [1.54, 1.807) is 6.92 Å². The Morgan fingerprint density at radius 1 is 1.18 bits per heavy atom. The molecule has 2 rings (SSSR count). The van der Waals surface area contributed by atoms with Gasteiger partial charge in [0.1, 0.15) is 0 Å². The van der Waals surface area contributed by atoms with E-state index in [0.29, 0.717) is 5.69 Å². The third-order valence-electron chi connectivity index (χ3n) is 4.27. The number of aryl methyl sites for hydroxylation is 1. The zero-order valence-electron chi connectivity index (χ0n) is 14.0. The molecule has 0 aromatic heterocycles. The molecule has 1 N–H and O–H groups in total. The first-order chi connectivity index (χ1) is 10.2. The summed E-state index contributed by atoms with van der Waals surface area (Å²) in [6.45, 7) is 11.7. The number of hydrogen-bond donors (Lipinski definition) is 1. The van der Waals surface area contributed by atoms with E-state index in [0.717, 1.165) is 11.0 Å². The number of carbonyl (C=O) groups is 1. The summed E-state index contributed by atoms with van der Waals surface area (Å²) in [5.41, 5.74) is 1.95. The van der Waals surface area contributed by atoms with E-state index in [9.17, 15) is 4.79 Å². The third kappa shape index (κ3) is 3.19. The van der Waals surface area contributed by atoms with Crippen LogP contribution < -0.4 is 10.8 Å². The molecule has 0 saturated carbocycles. The fourth-order valence-corrected chi connectivity index (χ4v) is 2.26. The highest BCUT2D eigenvalue weighted by molar-refractivity contribution is 6.62. The molecule has 0 spiro atoms. The van der Waals surface area contributed by atoms with Crippen molar-refractivity contribution in [2.24, 2.45) is 0 Å². The topological polar surface area (TPSA) is 47.6 Å². The van der Waals surface area contributed by atoms with E-state index >= 15 is 0 Å². The van der Waals surface area contributed by atoms with E-state index < -0.39 is 7.12 Å². The van der Waals surface area contributed by atoms with Gasteiger partial charge in [0.2, 0.25) is 0 Å². The van der Waals surface area contributed by atoms with Gasteiger partial charge in [0.05, 0.1) is 11.2 Å². The number of rotatable bonds is 2. The minimum absolute atomic E-state index is 0.315. The van der Waals surface area contributed by atoms with E-state index in [1.165, 1.54) is 0 Å². The Balaban J connectivity index is 2.21. The predicted molar refractivity (Wildman–Crippen MR) is 89.0 cm³/mol. The molecule has 1 saturated heterocycles. The SMILES string of the molecule is CC#CC(=O)Nc1ccc(B2OC(C)(C)C(C)(C)O2)c(C)c1. The molecule has 1 amide bonds. The van der Waals surface area contributed by atoms with Crippen molar-refractivity contribution >= 4 is 24.2 Å². The van der Waals surface area contributed by atoms with Gasteiger partial charge in [-0.2, -0.15) is 0 Å². The molecule has 0 unspecified atom stereocenters. The Morgan fingerprint density at radius 2 is 1.77 bits per heavy atom. The Morgan fingerprint density at radius 3 is 2.27 bits per heavy atom. The number of anilines is 1. The normalized spacial score (nSPS) is 18.5. The van der Waals surface area contributed by atoms with Crippen LogP contribution in [0, 0.1) is 18.8 Å². The van der Waals surface area contributed by atoms with Gasteiger partial charge in [-0.05, 0) is 70.6 Å². The zero-order valence-corrected chi connectivity index (χ0v) is 14.0. The molecule has 1 aliphatic rings. The molecule has 5 heteroatoms. The summed E-state index contributed by atoms with van der Waals surface area (Å²) >= 11 is 0. The summed E-state index contributed by atoms with van der Waals surface area (Å²) in [6, 6.07) is 5.66. The van der Waals surface area contributed by atoms with Crippen molar-refractivity contribution in [2.45, 2.75) is 52.7 Å². The molecular formula is C17H22BNO3. The van der Waals surface area contributed by atoms with Crippen molar-refractivity contribution in [3.05, 3.63) is 23.8 Å². The van der Waals surface area contributed by atoms with Gasteiger partial charge in [0.15, 0.2) is 0 Å². The molecule has 1 aromatic rings. The van der Waals surface area contributed by atoms with E-state index in [-0.39, 0.29) is 17.1 Å². The monoisotopic (exact) mass is 299 g/mol. The summed E-state index contributed by atoms with van der Waals surface area (Å²) < 4.78 is 12.1. The first-order valence-corrected chi connectivity index (χ1v) is 7.36. The molecule has 116 valence electrons. The highest BCUT2D eigenvalue weighted by atomic mass is 16.7. The molecule has 1 aromatic carbocycles. The molecule has 0 atom stereocenters. The number of carbonyl (C=O) groups excluding carboxylic acids is 1. The lowest BCUT2D eigenvalue weighted by Gasteiger charge is -2.32. The maximum absolute atomic E-state index is 11.5. The van der Waals surface area contributed by atoms with Crippen LogP contribution in [0.3, 0.4) is 0 Å². The summed E-state index contributed by atoms with van der Waals surface area (Å²) in [6.07, 6.45) is 0. The number of nitrogens with one attached hydrogen (secondary N) is 1. The summed E-state index contributed by atoms with van der Waals surface area (Å²) in [5, 5.41) is 2.74. The van der Waals surface area contributed by atoms with E-state index in [4.69, 9.17) is 9.31 Å². The highest BCUT2D eigenvalue weighted by Gasteiger charge is 2.51. The number of benzene rings is 1. The van der Waals surface area contributed by atoms with Crippen molar-refractivity contribution in [3.63, 3.8) is 0 Å². The minimum atomic E-state index is -0.398.